The van der Waals surface area contributed by atoms with Crippen LogP contribution in [0.2, 0.25) is 0 Å². The van der Waals surface area contributed by atoms with Crippen molar-refractivity contribution in [3.05, 3.63) is 23.8 Å². The summed E-state index contributed by atoms with van der Waals surface area (Å²) in [5.41, 5.74) is 2.11. The fraction of sp³-hybridized carbons (Fsp3) is 0.533. The number of rotatable bonds is 4. The highest BCUT2D eigenvalue weighted by Crippen LogP contribution is 2.36. The van der Waals surface area contributed by atoms with Crippen LogP contribution in [0.4, 0.5) is 5.69 Å². The molecule has 104 valence electrons. The zero-order chi connectivity index (χ0) is 14.0. The van der Waals surface area contributed by atoms with Gasteiger partial charge in [0.1, 0.15) is 17.9 Å². The van der Waals surface area contributed by atoms with Gasteiger partial charge in [-0.2, -0.15) is 0 Å². The Labute approximate surface area is 114 Å². The molecule has 0 aromatic heterocycles. The number of aliphatic carboxylic acids is 1. The summed E-state index contributed by atoms with van der Waals surface area (Å²) in [6, 6.07) is 5.55. The van der Waals surface area contributed by atoms with Crippen molar-refractivity contribution in [3.63, 3.8) is 0 Å². The van der Waals surface area contributed by atoms with Crippen LogP contribution >= 0.6 is 0 Å². The van der Waals surface area contributed by atoms with Gasteiger partial charge in [-0.3, -0.25) is 0 Å². The van der Waals surface area contributed by atoms with E-state index in [9.17, 15) is 9.90 Å². The van der Waals surface area contributed by atoms with E-state index in [-0.39, 0.29) is 6.10 Å². The first kappa shape index (κ1) is 13.7. The topological polar surface area (TPSA) is 49.8 Å². The molecule has 1 heterocycles. The Morgan fingerprint density at radius 2 is 2.26 bits per heavy atom. The summed E-state index contributed by atoms with van der Waals surface area (Å²) in [4.78, 5) is 13.4. The van der Waals surface area contributed by atoms with Crippen molar-refractivity contribution in [3.8, 4) is 5.75 Å². The molecule has 0 aliphatic carbocycles. The first-order valence-electron chi connectivity index (χ1n) is 6.85. The van der Waals surface area contributed by atoms with Crippen molar-refractivity contribution in [2.45, 2.75) is 45.8 Å². The molecule has 0 fully saturated rings. The molecular formula is C15H21NO3. The Balaban J connectivity index is 2.43. The molecule has 1 aliphatic rings. The van der Waals surface area contributed by atoms with E-state index >= 15 is 0 Å². The monoisotopic (exact) mass is 263 g/mol. The molecule has 1 N–H and O–H groups in total. The standard InChI is InChI=1S/C15H21NO3/c1-4-11-6-7-14-13(8-11)16(9-10(3)19-14)12(5-2)15(17)18/h6-8,10,12H,4-5,9H2,1-3H3,(H,17,18). The summed E-state index contributed by atoms with van der Waals surface area (Å²) in [5, 5.41) is 9.38. The maximum absolute atomic E-state index is 11.4. The van der Waals surface area contributed by atoms with Crippen LogP contribution < -0.4 is 9.64 Å². The zero-order valence-electron chi connectivity index (χ0n) is 11.7. The van der Waals surface area contributed by atoms with Crippen LogP contribution in [0, 0.1) is 0 Å². The number of ether oxygens (including phenoxy) is 1. The molecule has 1 aromatic carbocycles. The summed E-state index contributed by atoms with van der Waals surface area (Å²) in [7, 11) is 0. The van der Waals surface area contributed by atoms with E-state index in [1.165, 1.54) is 5.56 Å². The number of carboxylic acid groups (broad SMARTS) is 1. The highest BCUT2D eigenvalue weighted by Gasteiger charge is 2.31. The molecule has 1 aromatic rings. The van der Waals surface area contributed by atoms with Crippen molar-refractivity contribution >= 4 is 11.7 Å². The molecule has 0 amide bonds. The van der Waals surface area contributed by atoms with E-state index in [2.05, 4.69) is 6.92 Å². The van der Waals surface area contributed by atoms with E-state index < -0.39 is 12.0 Å². The third-order valence-electron chi connectivity index (χ3n) is 3.57. The van der Waals surface area contributed by atoms with E-state index in [1.807, 2.05) is 36.9 Å². The molecular weight excluding hydrogens is 242 g/mol. The lowest BCUT2D eigenvalue weighted by Gasteiger charge is -2.38. The SMILES string of the molecule is CCc1ccc2c(c1)N(C(CC)C(=O)O)CC(C)O2. The van der Waals surface area contributed by atoms with Gasteiger partial charge in [-0.05, 0) is 37.5 Å². The van der Waals surface area contributed by atoms with E-state index in [1.54, 1.807) is 0 Å². The molecule has 2 unspecified atom stereocenters. The van der Waals surface area contributed by atoms with Crippen LogP contribution in [-0.2, 0) is 11.2 Å². The summed E-state index contributed by atoms with van der Waals surface area (Å²) < 4.78 is 5.80. The highest BCUT2D eigenvalue weighted by molar-refractivity contribution is 5.80. The number of benzene rings is 1. The second-order valence-electron chi connectivity index (χ2n) is 5.00. The number of anilines is 1. The fourth-order valence-corrected chi connectivity index (χ4v) is 2.56. The minimum Gasteiger partial charge on any atom is -0.487 e. The third-order valence-corrected chi connectivity index (χ3v) is 3.57. The first-order valence-corrected chi connectivity index (χ1v) is 6.85. The Hall–Kier alpha value is -1.71. The molecule has 0 saturated carbocycles. The van der Waals surface area contributed by atoms with Crippen molar-refractivity contribution in [2.24, 2.45) is 0 Å². The van der Waals surface area contributed by atoms with Crippen LogP contribution in [0.3, 0.4) is 0 Å². The smallest absolute Gasteiger partial charge is 0.326 e. The molecule has 4 heteroatoms. The largest absolute Gasteiger partial charge is 0.487 e. The summed E-state index contributed by atoms with van der Waals surface area (Å²) >= 11 is 0. The second-order valence-corrected chi connectivity index (χ2v) is 5.00. The molecule has 2 atom stereocenters. The highest BCUT2D eigenvalue weighted by atomic mass is 16.5. The predicted octanol–water partition coefficient (Wildman–Crippen LogP) is 2.70. The molecule has 0 saturated heterocycles. The molecule has 19 heavy (non-hydrogen) atoms. The van der Waals surface area contributed by atoms with E-state index in [0.29, 0.717) is 13.0 Å². The average Bonchev–Trinajstić information content (AvgIpc) is 2.38. The number of aryl methyl sites for hydroxylation is 1. The minimum absolute atomic E-state index is 0.00776. The van der Waals surface area contributed by atoms with Gasteiger partial charge < -0.3 is 14.7 Å². The van der Waals surface area contributed by atoms with Crippen molar-refractivity contribution in [2.75, 3.05) is 11.4 Å². The van der Waals surface area contributed by atoms with Gasteiger partial charge in [0.25, 0.3) is 0 Å². The van der Waals surface area contributed by atoms with E-state index in [0.717, 1.165) is 17.9 Å². The minimum atomic E-state index is -0.774. The van der Waals surface area contributed by atoms with Gasteiger partial charge >= 0.3 is 5.97 Å². The van der Waals surface area contributed by atoms with Crippen molar-refractivity contribution < 1.29 is 14.6 Å². The van der Waals surface area contributed by atoms with Gasteiger partial charge in [0.2, 0.25) is 0 Å². The molecule has 0 bridgehead atoms. The Bertz CT molecular complexity index is 472. The maximum atomic E-state index is 11.4. The van der Waals surface area contributed by atoms with Gasteiger partial charge in [0.15, 0.2) is 0 Å². The van der Waals surface area contributed by atoms with Crippen molar-refractivity contribution in [1.82, 2.24) is 0 Å². The summed E-state index contributed by atoms with van der Waals surface area (Å²) in [5.74, 6) is 0.0140. The fourth-order valence-electron chi connectivity index (χ4n) is 2.56. The Morgan fingerprint density at radius 3 is 2.84 bits per heavy atom. The van der Waals surface area contributed by atoms with Crippen LogP contribution in [0.25, 0.3) is 0 Å². The molecule has 0 radical (unpaired) electrons. The number of carbonyl (C=O) groups is 1. The lowest BCUT2D eigenvalue weighted by molar-refractivity contribution is -0.138. The lowest BCUT2D eigenvalue weighted by atomic mass is 10.1. The normalized spacial score (nSPS) is 19.5. The van der Waals surface area contributed by atoms with Crippen LogP contribution in [0.15, 0.2) is 18.2 Å². The number of carboxylic acids is 1. The predicted molar refractivity (Wildman–Crippen MR) is 75.0 cm³/mol. The average molecular weight is 263 g/mol. The van der Waals surface area contributed by atoms with Gasteiger partial charge in [0, 0.05) is 0 Å². The van der Waals surface area contributed by atoms with Gasteiger partial charge in [-0.15, -0.1) is 0 Å². The van der Waals surface area contributed by atoms with Crippen LogP contribution in [0.1, 0.15) is 32.8 Å². The van der Waals surface area contributed by atoms with Gasteiger partial charge in [-0.1, -0.05) is 19.9 Å². The molecule has 2 rings (SSSR count). The van der Waals surface area contributed by atoms with E-state index in [4.69, 9.17) is 4.74 Å². The lowest BCUT2D eigenvalue weighted by Crippen LogP contribution is -2.48. The van der Waals surface area contributed by atoms with Crippen LogP contribution in [-0.4, -0.2) is 29.8 Å². The number of hydrogen-bond donors (Lipinski definition) is 1. The van der Waals surface area contributed by atoms with Crippen molar-refractivity contribution in [1.29, 1.82) is 0 Å². The molecule has 0 spiro atoms. The van der Waals surface area contributed by atoms with Gasteiger partial charge in [-0.25, -0.2) is 4.79 Å². The Kier molecular flexibility index (Phi) is 3.98. The maximum Gasteiger partial charge on any atom is 0.326 e. The number of hydrogen-bond acceptors (Lipinski definition) is 3. The Morgan fingerprint density at radius 1 is 1.53 bits per heavy atom. The number of nitrogens with zero attached hydrogens (tertiary/aromatic N) is 1. The summed E-state index contributed by atoms with van der Waals surface area (Å²) in [6.45, 7) is 6.58. The van der Waals surface area contributed by atoms with Gasteiger partial charge in [0.05, 0.1) is 12.2 Å². The first-order chi connectivity index (χ1) is 9.06. The quantitative estimate of drug-likeness (QED) is 0.907. The zero-order valence-corrected chi connectivity index (χ0v) is 11.7. The second kappa shape index (κ2) is 5.51. The molecule has 1 aliphatic heterocycles. The van der Waals surface area contributed by atoms with Crippen LogP contribution in [0.5, 0.6) is 5.75 Å². The summed E-state index contributed by atoms with van der Waals surface area (Å²) in [6.07, 6.45) is 1.52. The molecule has 4 nitrogen and oxygen atoms in total. The third kappa shape index (κ3) is 2.67. The number of fused-ring (bicyclic) bond motifs is 1.